The molecule has 0 atom stereocenters. The summed E-state index contributed by atoms with van der Waals surface area (Å²) in [7, 11) is 0. The van der Waals surface area contributed by atoms with Crippen LogP contribution in [0.25, 0.3) is 0 Å². The smallest absolute Gasteiger partial charge is 0.163 e. The molecule has 0 bridgehead atoms. The van der Waals surface area contributed by atoms with Crippen molar-refractivity contribution in [2.24, 2.45) is 5.92 Å². The molecule has 2 rings (SSSR count). The number of rotatable bonds is 4. The summed E-state index contributed by atoms with van der Waals surface area (Å²) >= 11 is 0. The van der Waals surface area contributed by atoms with Crippen LogP contribution in [0.15, 0.2) is 24.3 Å². The van der Waals surface area contributed by atoms with Gasteiger partial charge in [-0.1, -0.05) is 32.0 Å². The fourth-order valence-corrected chi connectivity index (χ4v) is 1.77. The first-order valence-corrected chi connectivity index (χ1v) is 5.80. The van der Waals surface area contributed by atoms with Gasteiger partial charge in [0.15, 0.2) is 5.78 Å². The van der Waals surface area contributed by atoms with Crippen molar-refractivity contribution in [2.75, 3.05) is 0 Å². The van der Waals surface area contributed by atoms with Crippen molar-refractivity contribution in [3.63, 3.8) is 0 Å². The molecule has 0 saturated heterocycles. The number of hydrogen-bond donors (Lipinski definition) is 0. The zero-order valence-corrected chi connectivity index (χ0v) is 9.49. The molecule has 1 nitrogen and oxygen atoms in total. The van der Waals surface area contributed by atoms with E-state index in [0.29, 0.717) is 17.6 Å². The van der Waals surface area contributed by atoms with E-state index in [1.165, 1.54) is 18.4 Å². The van der Waals surface area contributed by atoms with Crippen molar-refractivity contribution < 1.29 is 4.79 Å². The second-order valence-corrected chi connectivity index (χ2v) is 4.85. The summed E-state index contributed by atoms with van der Waals surface area (Å²) in [5.74, 6) is 1.50. The Balaban J connectivity index is 2.12. The molecule has 1 fully saturated rings. The number of Topliss-reactive ketones (excluding diaryl/α,β-unsaturated/α-hetero) is 1. The van der Waals surface area contributed by atoms with Crippen LogP contribution in [0.4, 0.5) is 0 Å². The number of benzene rings is 1. The van der Waals surface area contributed by atoms with Crippen molar-refractivity contribution in [3.8, 4) is 0 Å². The molecule has 0 unspecified atom stereocenters. The Morgan fingerprint density at radius 2 is 2.13 bits per heavy atom. The second-order valence-electron chi connectivity index (χ2n) is 4.85. The SMILES string of the molecule is CC(C)c1cccc(C(=O)CC2CC2)c1. The zero-order chi connectivity index (χ0) is 10.8. The van der Waals surface area contributed by atoms with Crippen LogP contribution in [0.5, 0.6) is 0 Å². The number of ketones is 1. The van der Waals surface area contributed by atoms with E-state index in [0.717, 1.165) is 12.0 Å². The van der Waals surface area contributed by atoms with Crippen LogP contribution in [0, 0.1) is 5.92 Å². The Hall–Kier alpha value is -1.11. The molecule has 0 radical (unpaired) electrons. The molecule has 15 heavy (non-hydrogen) atoms. The number of carbonyl (C=O) groups is 1. The van der Waals surface area contributed by atoms with Crippen molar-refractivity contribution in [1.82, 2.24) is 0 Å². The minimum atomic E-state index is 0.319. The lowest BCUT2D eigenvalue weighted by atomic mass is 9.98. The molecule has 0 spiro atoms. The maximum Gasteiger partial charge on any atom is 0.163 e. The first-order valence-electron chi connectivity index (χ1n) is 5.80. The molecule has 1 aliphatic carbocycles. The highest BCUT2D eigenvalue weighted by Gasteiger charge is 2.24. The molecular weight excluding hydrogens is 184 g/mol. The van der Waals surface area contributed by atoms with Gasteiger partial charge in [-0.25, -0.2) is 0 Å². The van der Waals surface area contributed by atoms with Gasteiger partial charge in [0.2, 0.25) is 0 Å². The first-order chi connectivity index (χ1) is 7.16. The third kappa shape index (κ3) is 2.68. The van der Waals surface area contributed by atoms with Gasteiger partial charge in [-0.15, -0.1) is 0 Å². The van der Waals surface area contributed by atoms with Gasteiger partial charge in [0.1, 0.15) is 0 Å². The van der Waals surface area contributed by atoms with Gasteiger partial charge in [0.05, 0.1) is 0 Å². The Labute approximate surface area is 91.5 Å². The van der Waals surface area contributed by atoms with Crippen molar-refractivity contribution >= 4 is 5.78 Å². The second kappa shape index (κ2) is 4.18. The van der Waals surface area contributed by atoms with E-state index in [9.17, 15) is 4.79 Å². The lowest BCUT2D eigenvalue weighted by molar-refractivity contribution is 0.0976. The normalized spacial score (nSPS) is 15.7. The van der Waals surface area contributed by atoms with E-state index in [1.807, 2.05) is 12.1 Å². The van der Waals surface area contributed by atoms with Gasteiger partial charge in [-0.3, -0.25) is 4.79 Å². The van der Waals surface area contributed by atoms with Crippen LogP contribution >= 0.6 is 0 Å². The Kier molecular flexibility index (Phi) is 2.90. The third-order valence-corrected chi connectivity index (χ3v) is 3.05. The van der Waals surface area contributed by atoms with Gasteiger partial charge >= 0.3 is 0 Å². The predicted octanol–water partition coefficient (Wildman–Crippen LogP) is 3.79. The topological polar surface area (TPSA) is 17.1 Å². The molecule has 0 aliphatic heterocycles. The van der Waals surface area contributed by atoms with Crippen LogP contribution in [-0.2, 0) is 0 Å². The lowest BCUT2D eigenvalue weighted by Crippen LogP contribution is -2.01. The van der Waals surface area contributed by atoms with E-state index in [1.54, 1.807) is 0 Å². The molecule has 1 saturated carbocycles. The fourth-order valence-electron chi connectivity index (χ4n) is 1.77. The molecular formula is C14H18O. The molecule has 80 valence electrons. The molecule has 1 aromatic carbocycles. The minimum Gasteiger partial charge on any atom is -0.294 e. The Morgan fingerprint density at radius 3 is 2.73 bits per heavy atom. The predicted molar refractivity (Wildman–Crippen MR) is 62.2 cm³/mol. The van der Waals surface area contributed by atoms with Crippen molar-refractivity contribution in [2.45, 2.75) is 39.0 Å². The standard InChI is InChI=1S/C14H18O/c1-10(2)12-4-3-5-13(9-12)14(15)8-11-6-7-11/h3-5,9-11H,6-8H2,1-2H3. The lowest BCUT2D eigenvalue weighted by Gasteiger charge is -2.07. The maximum absolute atomic E-state index is 11.9. The van der Waals surface area contributed by atoms with Crippen LogP contribution in [0.3, 0.4) is 0 Å². The average Bonchev–Trinajstić information content (AvgIpc) is 3.02. The summed E-state index contributed by atoms with van der Waals surface area (Å²) in [5, 5.41) is 0. The van der Waals surface area contributed by atoms with Crippen molar-refractivity contribution in [1.29, 1.82) is 0 Å². The molecule has 0 N–H and O–H groups in total. The van der Waals surface area contributed by atoms with Crippen LogP contribution in [0.2, 0.25) is 0 Å². The first kappa shape index (κ1) is 10.4. The van der Waals surface area contributed by atoms with E-state index in [-0.39, 0.29) is 0 Å². The van der Waals surface area contributed by atoms with Crippen molar-refractivity contribution in [3.05, 3.63) is 35.4 Å². The van der Waals surface area contributed by atoms with Gasteiger partial charge in [0, 0.05) is 12.0 Å². The number of hydrogen-bond acceptors (Lipinski definition) is 1. The quantitative estimate of drug-likeness (QED) is 0.679. The Morgan fingerprint density at radius 1 is 1.40 bits per heavy atom. The highest BCUT2D eigenvalue weighted by Crippen LogP contribution is 2.33. The van der Waals surface area contributed by atoms with E-state index >= 15 is 0 Å². The van der Waals surface area contributed by atoms with E-state index in [2.05, 4.69) is 26.0 Å². The summed E-state index contributed by atoms with van der Waals surface area (Å²) in [6.45, 7) is 4.31. The Bertz CT molecular complexity index is 361. The molecule has 1 aromatic rings. The molecule has 0 amide bonds. The van der Waals surface area contributed by atoms with Crippen LogP contribution < -0.4 is 0 Å². The third-order valence-electron chi connectivity index (χ3n) is 3.05. The van der Waals surface area contributed by atoms with Crippen LogP contribution in [0.1, 0.15) is 54.9 Å². The molecule has 0 heterocycles. The number of carbonyl (C=O) groups excluding carboxylic acids is 1. The summed E-state index contributed by atoms with van der Waals surface area (Å²) in [5.41, 5.74) is 2.16. The summed E-state index contributed by atoms with van der Waals surface area (Å²) in [6, 6.07) is 8.08. The fraction of sp³-hybridized carbons (Fsp3) is 0.500. The summed E-state index contributed by atoms with van der Waals surface area (Å²) in [6.07, 6.45) is 3.24. The van der Waals surface area contributed by atoms with Gasteiger partial charge in [-0.05, 0) is 36.3 Å². The summed E-state index contributed by atoms with van der Waals surface area (Å²) in [4.78, 5) is 11.9. The molecule has 1 heteroatoms. The average molecular weight is 202 g/mol. The van der Waals surface area contributed by atoms with Crippen LogP contribution in [-0.4, -0.2) is 5.78 Å². The monoisotopic (exact) mass is 202 g/mol. The summed E-state index contributed by atoms with van der Waals surface area (Å²) < 4.78 is 0. The maximum atomic E-state index is 11.9. The minimum absolute atomic E-state index is 0.319. The van der Waals surface area contributed by atoms with E-state index < -0.39 is 0 Å². The highest BCUT2D eigenvalue weighted by atomic mass is 16.1. The van der Waals surface area contributed by atoms with Gasteiger partial charge < -0.3 is 0 Å². The molecule has 1 aliphatic rings. The van der Waals surface area contributed by atoms with Gasteiger partial charge in [0.25, 0.3) is 0 Å². The van der Waals surface area contributed by atoms with E-state index in [4.69, 9.17) is 0 Å². The van der Waals surface area contributed by atoms with Gasteiger partial charge in [-0.2, -0.15) is 0 Å². The zero-order valence-electron chi connectivity index (χ0n) is 9.49. The molecule has 0 aromatic heterocycles. The highest BCUT2D eigenvalue weighted by molar-refractivity contribution is 5.96. The largest absolute Gasteiger partial charge is 0.294 e.